The van der Waals surface area contributed by atoms with Crippen molar-refractivity contribution >= 4 is 11.6 Å². The zero-order valence-electron chi connectivity index (χ0n) is 11.4. The number of benzene rings is 1. The Kier molecular flexibility index (Phi) is 3.64. The lowest BCUT2D eigenvalue weighted by molar-refractivity contribution is -0.131. The molecule has 2 aliphatic rings. The molecule has 2 N–H and O–H groups in total. The van der Waals surface area contributed by atoms with Crippen LogP contribution in [-0.4, -0.2) is 50.3 Å². The molecule has 1 amide bonds. The second-order valence-corrected chi connectivity index (χ2v) is 4.94. The highest BCUT2D eigenvalue weighted by Gasteiger charge is 2.22. The second kappa shape index (κ2) is 5.58. The van der Waals surface area contributed by atoms with Gasteiger partial charge in [0.2, 0.25) is 12.7 Å². The summed E-state index contributed by atoms with van der Waals surface area (Å²) in [5.74, 6) is 1.74. The average molecular weight is 277 g/mol. The molecule has 108 valence electrons. The van der Waals surface area contributed by atoms with Gasteiger partial charge in [-0.3, -0.25) is 4.79 Å². The molecule has 2 aliphatic heterocycles. The molecule has 1 saturated heterocycles. The molecule has 3 rings (SSSR count). The van der Waals surface area contributed by atoms with Crippen molar-refractivity contribution in [1.82, 2.24) is 4.90 Å². The SMILES string of the molecule is NCCC(=O)N1CCN(c2ccc3c(c2)OCO3)CC1. The van der Waals surface area contributed by atoms with Gasteiger partial charge >= 0.3 is 0 Å². The van der Waals surface area contributed by atoms with Crippen LogP contribution < -0.4 is 20.1 Å². The van der Waals surface area contributed by atoms with Crippen LogP contribution in [0, 0.1) is 0 Å². The van der Waals surface area contributed by atoms with Gasteiger partial charge in [-0.2, -0.15) is 0 Å². The van der Waals surface area contributed by atoms with Gasteiger partial charge in [0.1, 0.15) is 0 Å². The fourth-order valence-corrected chi connectivity index (χ4v) is 2.58. The molecule has 0 bridgehead atoms. The summed E-state index contributed by atoms with van der Waals surface area (Å²) >= 11 is 0. The van der Waals surface area contributed by atoms with Gasteiger partial charge in [0.25, 0.3) is 0 Å². The summed E-state index contributed by atoms with van der Waals surface area (Å²) < 4.78 is 10.7. The monoisotopic (exact) mass is 277 g/mol. The molecule has 0 atom stereocenters. The summed E-state index contributed by atoms with van der Waals surface area (Å²) in [4.78, 5) is 15.9. The van der Waals surface area contributed by atoms with Crippen molar-refractivity contribution in [2.45, 2.75) is 6.42 Å². The number of piperazine rings is 1. The number of amides is 1. The molecule has 0 radical (unpaired) electrons. The molecule has 6 heteroatoms. The van der Waals surface area contributed by atoms with Crippen LogP contribution in [0.1, 0.15) is 6.42 Å². The number of ether oxygens (including phenoxy) is 2. The summed E-state index contributed by atoms with van der Waals surface area (Å²) in [5, 5.41) is 0. The Morgan fingerprint density at radius 2 is 1.90 bits per heavy atom. The lowest BCUT2D eigenvalue weighted by atomic mass is 10.2. The molecule has 0 unspecified atom stereocenters. The topological polar surface area (TPSA) is 68.0 Å². The van der Waals surface area contributed by atoms with Crippen LogP contribution in [0.15, 0.2) is 18.2 Å². The lowest BCUT2D eigenvalue weighted by Crippen LogP contribution is -2.49. The van der Waals surface area contributed by atoms with E-state index in [0.717, 1.165) is 43.4 Å². The van der Waals surface area contributed by atoms with Gasteiger partial charge in [0.05, 0.1) is 0 Å². The standard InChI is InChI=1S/C14H19N3O3/c15-4-3-14(18)17-7-5-16(6-8-17)11-1-2-12-13(9-11)20-10-19-12/h1-2,9H,3-8,10,15H2. The van der Waals surface area contributed by atoms with Gasteiger partial charge in [-0.15, -0.1) is 0 Å². The van der Waals surface area contributed by atoms with Crippen molar-refractivity contribution in [3.05, 3.63) is 18.2 Å². The first-order valence-corrected chi connectivity index (χ1v) is 6.90. The highest BCUT2D eigenvalue weighted by molar-refractivity contribution is 5.76. The Labute approximate surface area is 118 Å². The minimum Gasteiger partial charge on any atom is -0.454 e. The van der Waals surface area contributed by atoms with Crippen LogP contribution in [0.2, 0.25) is 0 Å². The number of anilines is 1. The molecule has 0 aromatic heterocycles. The first-order valence-electron chi connectivity index (χ1n) is 6.90. The van der Waals surface area contributed by atoms with Crippen LogP contribution in [0.25, 0.3) is 0 Å². The van der Waals surface area contributed by atoms with Crippen LogP contribution in [0.5, 0.6) is 11.5 Å². The zero-order chi connectivity index (χ0) is 13.9. The normalized spacial score (nSPS) is 17.4. The maximum absolute atomic E-state index is 11.8. The largest absolute Gasteiger partial charge is 0.454 e. The van der Waals surface area contributed by atoms with Crippen molar-refractivity contribution in [3.63, 3.8) is 0 Å². The first-order chi connectivity index (χ1) is 9.78. The summed E-state index contributed by atoms with van der Waals surface area (Å²) in [5.41, 5.74) is 6.53. The Hall–Kier alpha value is -1.95. The molecule has 0 saturated carbocycles. The van der Waals surface area contributed by atoms with E-state index in [0.29, 0.717) is 19.8 Å². The molecular formula is C14H19N3O3. The fraction of sp³-hybridized carbons (Fsp3) is 0.500. The van der Waals surface area contributed by atoms with Crippen molar-refractivity contribution in [2.75, 3.05) is 44.4 Å². The number of fused-ring (bicyclic) bond motifs is 1. The number of carbonyl (C=O) groups is 1. The van der Waals surface area contributed by atoms with Crippen LogP contribution in [0.3, 0.4) is 0 Å². The van der Waals surface area contributed by atoms with Gasteiger partial charge < -0.3 is 25.0 Å². The van der Waals surface area contributed by atoms with Gasteiger partial charge in [-0.1, -0.05) is 0 Å². The number of carbonyl (C=O) groups excluding carboxylic acids is 1. The summed E-state index contributed by atoms with van der Waals surface area (Å²) in [7, 11) is 0. The Morgan fingerprint density at radius 1 is 1.15 bits per heavy atom. The van der Waals surface area contributed by atoms with Crippen molar-refractivity contribution < 1.29 is 14.3 Å². The van der Waals surface area contributed by atoms with Crippen molar-refractivity contribution in [1.29, 1.82) is 0 Å². The third kappa shape index (κ3) is 2.51. The van der Waals surface area contributed by atoms with Crippen LogP contribution in [-0.2, 0) is 4.79 Å². The van der Waals surface area contributed by atoms with E-state index in [4.69, 9.17) is 15.2 Å². The van der Waals surface area contributed by atoms with E-state index >= 15 is 0 Å². The Bertz CT molecular complexity index is 498. The molecule has 6 nitrogen and oxygen atoms in total. The quantitative estimate of drug-likeness (QED) is 0.867. The highest BCUT2D eigenvalue weighted by Crippen LogP contribution is 2.35. The fourth-order valence-electron chi connectivity index (χ4n) is 2.58. The average Bonchev–Trinajstić information content (AvgIpc) is 2.95. The number of nitrogens with zero attached hydrogens (tertiary/aromatic N) is 2. The molecule has 1 fully saturated rings. The number of nitrogens with two attached hydrogens (primary N) is 1. The molecule has 1 aromatic carbocycles. The predicted molar refractivity (Wildman–Crippen MR) is 75.0 cm³/mol. The summed E-state index contributed by atoms with van der Waals surface area (Å²) in [6, 6.07) is 5.97. The van der Waals surface area contributed by atoms with E-state index in [1.165, 1.54) is 0 Å². The maximum atomic E-state index is 11.8. The Balaban J connectivity index is 1.62. The zero-order valence-corrected chi connectivity index (χ0v) is 11.4. The van der Waals surface area contributed by atoms with Crippen molar-refractivity contribution in [3.8, 4) is 11.5 Å². The molecular weight excluding hydrogens is 258 g/mol. The Morgan fingerprint density at radius 3 is 2.65 bits per heavy atom. The smallest absolute Gasteiger partial charge is 0.231 e. The second-order valence-electron chi connectivity index (χ2n) is 4.94. The maximum Gasteiger partial charge on any atom is 0.231 e. The van der Waals surface area contributed by atoms with E-state index in [9.17, 15) is 4.79 Å². The molecule has 2 heterocycles. The van der Waals surface area contributed by atoms with Gasteiger partial charge in [0.15, 0.2) is 11.5 Å². The minimum atomic E-state index is 0.151. The summed E-state index contributed by atoms with van der Waals surface area (Å²) in [6.07, 6.45) is 0.435. The number of hydrogen-bond acceptors (Lipinski definition) is 5. The number of hydrogen-bond donors (Lipinski definition) is 1. The molecule has 1 aromatic rings. The van der Waals surface area contributed by atoms with Gasteiger partial charge in [0, 0.05) is 50.9 Å². The van der Waals surface area contributed by atoms with Crippen LogP contribution >= 0.6 is 0 Å². The predicted octanol–water partition coefficient (Wildman–Crippen LogP) is 0.413. The van der Waals surface area contributed by atoms with E-state index < -0.39 is 0 Å². The van der Waals surface area contributed by atoms with E-state index in [2.05, 4.69) is 4.90 Å². The third-order valence-electron chi connectivity index (χ3n) is 3.71. The van der Waals surface area contributed by atoms with E-state index in [1.807, 2.05) is 23.1 Å². The van der Waals surface area contributed by atoms with E-state index in [-0.39, 0.29) is 5.91 Å². The lowest BCUT2D eigenvalue weighted by Gasteiger charge is -2.36. The first kappa shape index (κ1) is 13.1. The van der Waals surface area contributed by atoms with Crippen molar-refractivity contribution in [2.24, 2.45) is 5.73 Å². The highest BCUT2D eigenvalue weighted by atomic mass is 16.7. The minimum absolute atomic E-state index is 0.151. The molecule has 0 aliphatic carbocycles. The summed E-state index contributed by atoms with van der Waals surface area (Å²) in [6.45, 7) is 3.85. The van der Waals surface area contributed by atoms with Gasteiger partial charge in [-0.05, 0) is 12.1 Å². The number of rotatable bonds is 3. The molecule has 20 heavy (non-hydrogen) atoms. The van der Waals surface area contributed by atoms with E-state index in [1.54, 1.807) is 0 Å². The van der Waals surface area contributed by atoms with Gasteiger partial charge in [-0.25, -0.2) is 0 Å². The van der Waals surface area contributed by atoms with Crippen LogP contribution in [0.4, 0.5) is 5.69 Å². The third-order valence-corrected chi connectivity index (χ3v) is 3.71. The molecule has 0 spiro atoms.